The SMILES string of the molecule is NC(=O)c1cc2c(cc1F)CNC2.O=C1CCCC(=O)N1. The van der Waals surface area contributed by atoms with Gasteiger partial charge in [0.2, 0.25) is 11.8 Å². The van der Waals surface area contributed by atoms with Gasteiger partial charge >= 0.3 is 0 Å². The number of rotatable bonds is 1. The zero-order valence-electron chi connectivity index (χ0n) is 11.4. The quantitative estimate of drug-likeness (QED) is 0.650. The first-order valence-electron chi connectivity index (χ1n) is 6.62. The molecule has 7 heteroatoms. The van der Waals surface area contributed by atoms with Gasteiger partial charge in [0.05, 0.1) is 5.56 Å². The lowest BCUT2D eigenvalue weighted by Gasteiger charge is -2.07. The highest BCUT2D eigenvalue weighted by Gasteiger charge is 2.16. The van der Waals surface area contributed by atoms with Gasteiger partial charge < -0.3 is 11.1 Å². The van der Waals surface area contributed by atoms with Crippen LogP contribution in [0, 0.1) is 5.82 Å². The third-order valence-electron chi connectivity index (χ3n) is 3.27. The van der Waals surface area contributed by atoms with E-state index in [0.29, 0.717) is 32.4 Å². The summed E-state index contributed by atoms with van der Waals surface area (Å²) in [5.41, 5.74) is 6.84. The number of piperidine rings is 1. The molecule has 0 aromatic heterocycles. The molecule has 0 spiro atoms. The van der Waals surface area contributed by atoms with Crippen molar-refractivity contribution in [1.82, 2.24) is 10.6 Å². The third-order valence-corrected chi connectivity index (χ3v) is 3.27. The number of nitrogens with two attached hydrogens (primary N) is 1. The molecule has 0 radical (unpaired) electrons. The van der Waals surface area contributed by atoms with Crippen LogP contribution in [0.15, 0.2) is 12.1 Å². The molecule has 0 bridgehead atoms. The van der Waals surface area contributed by atoms with Crippen LogP contribution in [0.4, 0.5) is 4.39 Å². The van der Waals surface area contributed by atoms with Crippen molar-refractivity contribution < 1.29 is 18.8 Å². The molecule has 3 rings (SSSR count). The minimum absolute atomic E-state index is 0.0255. The van der Waals surface area contributed by atoms with Crippen molar-refractivity contribution in [3.05, 3.63) is 34.6 Å². The highest BCUT2D eigenvalue weighted by molar-refractivity contribution is 5.97. The van der Waals surface area contributed by atoms with Crippen LogP contribution in [0.3, 0.4) is 0 Å². The maximum absolute atomic E-state index is 13.2. The zero-order valence-corrected chi connectivity index (χ0v) is 11.4. The number of carbonyl (C=O) groups is 3. The molecular weight excluding hydrogens is 277 g/mol. The molecule has 0 saturated carbocycles. The molecule has 6 nitrogen and oxygen atoms in total. The van der Waals surface area contributed by atoms with Crippen LogP contribution in [0.5, 0.6) is 0 Å². The van der Waals surface area contributed by atoms with E-state index >= 15 is 0 Å². The molecule has 1 aromatic carbocycles. The van der Waals surface area contributed by atoms with Crippen molar-refractivity contribution in [1.29, 1.82) is 0 Å². The van der Waals surface area contributed by atoms with E-state index in [0.717, 1.165) is 11.1 Å². The molecule has 1 saturated heterocycles. The first-order valence-corrected chi connectivity index (χ1v) is 6.62. The number of hydrogen-bond acceptors (Lipinski definition) is 4. The number of benzene rings is 1. The summed E-state index contributed by atoms with van der Waals surface area (Å²) < 4.78 is 13.2. The molecule has 1 fully saturated rings. The largest absolute Gasteiger partial charge is 0.366 e. The van der Waals surface area contributed by atoms with Gasteiger partial charge in [0.25, 0.3) is 5.91 Å². The Morgan fingerprint density at radius 3 is 2.14 bits per heavy atom. The van der Waals surface area contributed by atoms with E-state index < -0.39 is 11.7 Å². The van der Waals surface area contributed by atoms with E-state index in [-0.39, 0.29) is 17.4 Å². The maximum Gasteiger partial charge on any atom is 0.251 e. The first-order chi connectivity index (χ1) is 9.97. The van der Waals surface area contributed by atoms with Crippen LogP contribution in [0.2, 0.25) is 0 Å². The minimum Gasteiger partial charge on any atom is -0.366 e. The first kappa shape index (κ1) is 15.1. The van der Waals surface area contributed by atoms with Crippen molar-refractivity contribution in [2.75, 3.05) is 0 Å². The van der Waals surface area contributed by atoms with Gasteiger partial charge in [0, 0.05) is 25.9 Å². The van der Waals surface area contributed by atoms with Gasteiger partial charge in [-0.1, -0.05) is 0 Å². The molecule has 21 heavy (non-hydrogen) atoms. The lowest BCUT2D eigenvalue weighted by atomic mass is 10.1. The molecule has 112 valence electrons. The van der Waals surface area contributed by atoms with Crippen molar-refractivity contribution in [2.24, 2.45) is 5.73 Å². The number of carbonyl (C=O) groups excluding carboxylic acids is 3. The summed E-state index contributed by atoms with van der Waals surface area (Å²) in [6.45, 7) is 1.33. The molecule has 2 aliphatic heterocycles. The molecule has 0 atom stereocenters. The van der Waals surface area contributed by atoms with E-state index in [2.05, 4.69) is 10.6 Å². The third kappa shape index (κ3) is 3.85. The van der Waals surface area contributed by atoms with Crippen molar-refractivity contribution >= 4 is 17.7 Å². The second kappa shape index (κ2) is 6.45. The molecule has 0 aliphatic carbocycles. The van der Waals surface area contributed by atoms with E-state index in [4.69, 9.17) is 5.73 Å². The number of halogens is 1. The highest BCUT2D eigenvalue weighted by Crippen LogP contribution is 2.19. The summed E-state index contributed by atoms with van der Waals surface area (Å²) in [5, 5.41) is 5.26. The summed E-state index contributed by atoms with van der Waals surface area (Å²) in [7, 11) is 0. The predicted molar refractivity (Wildman–Crippen MR) is 72.5 cm³/mol. The van der Waals surface area contributed by atoms with Gasteiger partial charge in [-0.2, -0.15) is 0 Å². The number of hydrogen-bond donors (Lipinski definition) is 3. The number of primary amides is 1. The fraction of sp³-hybridized carbons (Fsp3) is 0.357. The highest BCUT2D eigenvalue weighted by atomic mass is 19.1. The fourth-order valence-electron chi connectivity index (χ4n) is 2.20. The number of imide groups is 1. The summed E-state index contributed by atoms with van der Waals surface area (Å²) in [4.78, 5) is 31.5. The van der Waals surface area contributed by atoms with Gasteiger partial charge in [-0.25, -0.2) is 4.39 Å². The second-order valence-corrected chi connectivity index (χ2v) is 4.89. The lowest BCUT2D eigenvalue weighted by Crippen LogP contribution is -2.33. The van der Waals surface area contributed by atoms with E-state index in [1.165, 1.54) is 12.1 Å². The smallest absolute Gasteiger partial charge is 0.251 e. The zero-order chi connectivity index (χ0) is 15.4. The van der Waals surface area contributed by atoms with Crippen molar-refractivity contribution in [3.63, 3.8) is 0 Å². The van der Waals surface area contributed by atoms with Gasteiger partial charge in [-0.3, -0.25) is 19.7 Å². The maximum atomic E-state index is 13.2. The Morgan fingerprint density at radius 2 is 1.67 bits per heavy atom. The Bertz CT molecular complexity index is 587. The summed E-state index contributed by atoms with van der Waals surface area (Å²) in [6.07, 6.45) is 1.72. The summed E-state index contributed by atoms with van der Waals surface area (Å²) in [5.74, 6) is -1.52. The van der Waals surface area contributed by atoms with Crippen LogP contribution in [-0.4, -0.2) is 17.7 Å². The van der Waals surface area contributed by atoms with Crippen LogP contribution in [-0.2, 0) is 22.7 Å². The van der Waals surface area contributed by atoms with Gasteiger partial charge in [-0.05, 0) is 29.7 Å². The standard InChI is InChI=1S/C9H9FN2O.C5H7NO2/c10-8-2-6-4-12-3-5(6)1-7(8)9(11)13;7-4-2-1-3-5(8)6-4/h1-2,12H,3-4H2,(H2,11,13);1-3H2,(H,6,7,8). The van der Waals surface area contributed by atoms with Crippen LogP contribution in [0.25, 0.3) is 0 Å². The predicted octanol–water partition coefficient (Wildman–Crippen LogP) is 0.341. The molecule has 2 heterocycles. The van der Waals surface area contributed by atoms with Crippen molar-refractivity contribution in [3.8, 4) is 0 Å². The van der Waals surface area contributed by atoms with Crippen LogP contribution < -0.4 is 16.4 Å². The summed E-state index contributed by atoms with van der Waals surface area (Å²) >= 11 is 0. The molecule has 2 aliphatic rings. The number of amides is 3. The molecule has 4 N–H and O–H groups in total. The molecular formula is C14H16FN3O3. The van der Waals surface area contributed by atoms with Crippen molar-refractivity contribution in [2.45, 2.75) is 32.4 Å². The Balaban J connectivity index is 0.000000173. The second-order valence-electron chi connectivity index (χ2n) is 4.89. The molecule has 0 unspecified atom stereocenters. The average Bonchev–Trinajstić information content (AvgIpc) is 2.85. The Kier molecular flexibility index (Phi) is 4.64. The van der Waals surface area contributed by atoms with Crippen LogP contribution >= 0.6 is 0 Å². The van der Waals surface area contributed by atoms with Gasteiger partial charge in [0.15, 0.2) is 0 Å². The van der Waals surface area contributed by atoms with Crippen LogP contribution in [0.1, 0.15) is 40.7 Å². The minimum atomic E-state index is -0.716. The van der Waals surface area contributed by atoms with E-state index in [9.17, 15) is 18.8 Å². The normalized spacial score (nSPS) is 16.6. The molecule has 3 amide bonds. The monoisotopic (exact) mass is 293 g/mol. The summed E-state index contributed by atoms with van der Waals surface area (Å²) in [6, 6.07) is 2.89. The van der Waals surface area contributed by atoms with Gasteiger partial charge in [-0.15, -0.1) is 0 Å². The van der Waals surface area contributed by atoms with E-state index in [1.807, 2.05) is 0 Å². The Hall–Kier alpha value is -2.28. The Morgan fingerprint density at radius 1 is 1.10 bits per heavy atom. The average molecular weight is 293 g/mol. The Labute approximate surface area is 120 Å². The fourth-order valence-corrected chi connectivity index (χ4v) is 2.20. The van der Waals surface area contributed by atoms with Gasteiger partial charge in [0.1, 0.15) is 5.82 Å². The topological polar surface area (TPSA) is 101 Å². The number of fused-ring (bicyclic) bond motifs is 1. The number of nitrogens with one attached hydrogen (secondary N) is 2. The van der Waals surface area contributed by atoms with E-state index in [1.54, 1.807) is 0 Å². The lowest BCUT2D eigenvalue weighted by molar-refractivity contribution is -0.132. The molecule has 1 aromatic rings.